The van der Waals surface area contributed by atoms with Gasteiger partial charge in [0.1, 0.15) is 5.75 Å². The lowest BCUT2D eigenvalue weighted by Crippen LogP contribution is -2.39. The van der Waals surface area contributed by atoms with Gasteiger partial charge in [0.15, 0.2) is 0 Å². The standard InChI is InChI=1S/C25H27N3O/c1-17-11-12-23-21(13-17)25-22(24(26-27-25)19-8-4-3-5-9-19)16-28(23)15-18-7-6-10-20(14-18)29-2/h3-14,22,24-27H,15-16H2,1-2H3. The van der Waals surface area contributed by atoms with Gasteiger partial charge >= 0.3 is 0 Å². The summed E-state index contributed by atoms with van der Waals surface area (Å²) in [6.07, 6.45) is 0. The molecule has 4 heteroatoms. The fourth-order valence-corrected chi connectivity index (χ4v) is 4.80. The van der Waals surface area contributed by atoms with E-state index in [0.29, 0.717) is 18.0 Å². The van der Waals surface area contributed by atoms with Crippen molar-refractivity contribution < 1.29 is 4.74 Å². The number of benzene rings is 3. The molecule has 3 unspecified atom stereocenters. The normalized spacial score (nSPS) is 22.8. The topological polar surface area (TPSA) is 36.5 Å². The van der Waals surface area contributed by atoms with Gasteiger partial charge in [-0.15, -0.1) is 0 Å². The summed E-state index contributed by atoms with van der Waals surface area (Å²) in [6.45, 7) is 4.04. The van der Waals surface area contributed by atoms with Crippen molar-refractivity contribution in [1.82, 2.24) is 10.9 Å². The number of methoxy groups -OCH3 is 1. The highest BCUT2D eigenvalue weighted by Crippen LogP contribution is 2.45. The van der Waals surface area contributed by atoms with Crippen molar-refractivity contribution in [3.05, 3.63) is 95.1 Å². The first-order valence-corrected chi connectivity index (χ1v) is 10.3. The Kier molecular flexibility index (Phi) is 4.74. The van der Waals surface area contributed by atoms with Gasteiger partial charge in [-0.2, -0.15) is 0 Å². The van der Waals surface area contributed by atoms with Gasteiger partial charge in [0, 0.05) is 24.7 Å². The molecule has 2 aliphatic rings. The quantitative estimate of drug-likeness (QED) is 0.692. The van der Waals surface area contributed by atoms with Crippen LogP contribution in [0.5, 0.6) is 5.75 Å². The molecule has 0 spiro atoms. The number of rotatable bonds is 4. The van der Waals surface area contributed by atoms with Gasteiger partial charge in [0.2, 0.25) is 0 Å². The highest BCUT2D eigenvalue weighted by molar-refractivity contribution is 5.60. The van der Waals surface area contributed by atoms with E-state index in [1.807, 2.05) is 6.07 Å². The van der Waals surface area contributed by atoms with E-state index in [1.165, 1.54) is 27.9 Å². The number of hydrogen-bond acceptors (Lipinski definition) is 4. The Hall–Kier alpha value is -2.82. The Bertz CT molecular complexity index is 1000. The van der Waals surface area contributed by atoms with Crippen molar-refractivity contribution in [1.29, 1.82) is 0 Å². The Balaban J connectivity index is 1.51. The molecule has 2 N–H and O–H groups in total. The molecule has 148 valence electrons. The van der Waals surface area contributed by atoms with E-state index in [-0.39, 0.29) is 0 Å². The van der Waals surface area contributed by atoms with Gasteiger partial charge in [-0.25, -0.2) is 10.9 Å². The summed E-state index contributed by atoms with van der Waals surface area (Å²) < 4.78 is 5.43. The van der Waals surface area contributed by atoms with E-state index >= 15 is 0 Å². The van der Waals surface area contributed by atoms with Gasteiger partial charge in [-0.3, -0.25) is 0 Å². The van der Waals surface area contributed by atoms with E-state index < -0.39 is 0 Å². The maximum Gasteiger partial charge on any atom is 0.119 e. The molecule has 2 aliphatic heterocycles. The lowest BCUT2D eigenvalue weighted by Gasteiger charge is -2.39. The van der Waals surface area contributed by atoms with Gasteiger partial charge in [0.25, 0.3) is 0 Å². The average molecular weight is 386 g/mol. The van der Waals surface area contributed by atoms with Crippen LogP contribution < -0.4 is 20.5 Å². The van der Waals surface area contributed by atoms with Crippen molar-refractivity contribution in [2.24, 2.45) is 5.92 Å². The Labute approximate surface area is 172 Å². The second-order valence-corrected chi connectivity index (χ2v) is 8.11. The molecule has 2 heterocycles. The predicted octanol–water partition coefficient (Wildman–Crippen LogP) is 4.53. The van der Waals surface area contributed by atoms with Crippen LogP contribution in [0.1, 0.15) is 34.3 Å². The number of nitrogens with zero attached hydrogens (tertiary/aromatic N) is 1. The molecule has 0 saturated carbocycles. The zero-order chi connectivity index (χ0) is 19.8. The highest BCUT2D eigenvalue weighted by atomic mass is 16.5. The number of anilines is 1. The van der Waals surface area contributed by atoms with Crippen LogP contribution >= 0.6 is 0 Å². The largest absolute Gasteiger partial charge is 0.497 e. The molecule has 4 nitrogen and oxygen atoms in total. The van der Waals surface area contributed by atoms with E-state index in [4.69, 9.17) is 4.74 Å². The lowest BCUT2D eigenvalue weighted by atomic mass is 9.81. The SMILES string of the molecule is COc1cccc(CN2CC3C(c4ccccc4)NNC3c3cc(C)ccc32)c1. The molecular formula is C25H27N3O. The molecule has 3 aromatic rings. The molecule has 0 radical (unpaired) electrons. The van der Waals surface area contributed by atoms with Crippen molar-refractivity contribution in [3.8, 4) is 5.75 Å². The van der Waals surface area contributed by atoms with Crippen LogP contribution in [-0.4, -0.2) is 13.7 Å². The van der Waals surface area contributed by atoms with Gasteiger partial charge < -0.3 is 9.64 Å². The summed E-state index contributed by atoms with van der Waals surface area (Å²) in [7, 11) is 1.73. The zero-order valence-electron chi connectivity index (χ0n) is 16.9. The van der Waals surface area contributed by atoms with Crippen LogP contribution in [0, 0.1) is 12.8 Å². The first-order chi connectivity index (χ1) is 14.2. The molecule has 29 heavy (non-hydrogen) atoms. The molecule has 0 amide bonds. The third kappa shape index (κ3) is 3.39. The minimum Gasteiger partial charge on any atom is -0.497 e. The van der Waals surface area contributed by atoms with Crippen LogP contribution in [0.4, 0.5) is 5.69 Å². The molecule has 3 atom stereocenters. The number of nitrogens with one attached hydrogen (secondary N) is 2. The van der Waals surface area contributed by atoms with Crippen LogP contribution in [0.15, 0.2) is 72.8 Å². The van der Waals surface area contributed by atoms with E-state index in [9.17, 15) is 0 Å². The van der Waals surface area contributed by atoms with Crippen molar-refractivity contribution in [2.45, 2.75) is 25.6 Å². The maximum absolute atomic E-state index is 5.43. The third-order valence-electron chi connectivity index (χ3n) is 6.21. The third-order valence-corrected chi connectivity index (χ3v) is 6.21. The average Bonchev–Trinajstić information content (AvgIpc) is 3.18. The predicted molar refractivity (Wildman–Crippen MR) is 117 cm³/mol. The second kappa shape index (κ2) is 7.54. The van der Waals surface area contributed by atoms with Crippen molar-refractivity contribution in [2.75, 3.05) is 18.6 Å². The molecule has 0 aliphatic carbocycles. The summed E-state index contributed by atoms with van der Waals surface area (Å²) in [5, 5.41) is 0. The van der Waals surface area contributed by atoms with Crippen LogP contribution in [0.3, 0.4) is 0 Å². The maximum atomic E-state index is 5.43. The number of hydrogen-bond donors (Lipinski definition) is 2. The van der Waals surface area contributed by atoms with E-state index in [0.717, 1.165) is 18.8 Å². The van der Waals surface area contributed by atoms with Gasteiger partial charge in [0.05, 0.1) is 19.2 Å². The first-order valence-electron chi connectivity index (χ1n) is 10.3. The minimum atomic E-state index is 0.294. The summed E-state index contributed by atoms with van der Waals surface area (Å²) in [5.74, 6) is 1.37. The number of ether oxygens (including phenoxy) is 1. The summed E-state index contributed by atoms with van der Waals surface area (Å²) in [6, 6.07) is 26.6. The summed E-state index contributed by atoms with van der Waals surface area (Å²) in [4.78, 5) is 2.52. The molecule has 5 rings (SSSR count). The fourth-order valence-electron chi connectivity index (χ4n) is 4.80. The molecule has 1 saturated heterocycles. The number of hydrazine groups is 1. The fraction of sp³-hybridized carbons (Fsp3) is 0.280. The lowest BCUT2D eigenvalue weighted by molar-refractivity contribution is 0.401. The molecular weight excluding hydrogens is 358 g/mol. The van der Waals surface area contributed by atoms with Gasteiger partial charge in [-0.05, 0) is 41.8 Å². The number of aryl methyl sites for hydroxylation is 1. The molecule has 3 aromatic carbocycles. The Morgan fingerprint density at radius 1 is 0.931 bits per heavy atom. The van der Waals surface area contributed by atoms with E-state index in [1.54, 1.807) is 7.11 Å². The van der Waals surface area contributed by atoms with E-state index in [2.05, 4.69) is 89.4 Å². The smallest absolute Gasteiger partial charge is 0.119 e. The van der Waals surface area contributed by atoms with Crippen LogP contribution in [-0.2, 0) is 6.54 Å². The first kappa shape index (κ1) is 18.2. The van der Waals surface area contributed by atoms with Gasteiger partial charge in [-0.1, -0.05) is 60.2 Å². The molecule has 1 fully saturated rings. The van der Waals surface area contributed by atoms with Crippen molar-refractivity contribution in [3.63, 3.8) is 0 Å². The molecule has 0 bridgehead atoms. The Morgan fingerprint density at radius 3 is 2.59 bits per heavy atom. The molecule has 0 aromatic heterocycles. The number of fused-ring (bicyclic) bond motifs is 3. The second-order valence-electron chi connectivity index (χ2n) is 8.11. The monoisotopic (exact) mass is 385 g/mol. The van der Waals surface area contributed by atoms with Crippen molar-refractivity contribution >= 4 is 5.69 Å². The highest BCUT2D eigenvalue weighted by Gasteiger charge is 2.43. The zero-order valence-corrected chi connectivity index (χ0v) is 16.9. The van der Waals surface area contributed by atoms with Crippen LogP contribution in [0.25, 0.3) is 0 Å². The Morgan fingerprint density at radius 2 is 1.76 bits per heavy atom. The van der Waals surface area contributed by atoms with Crippen LogP contribution in [0.2, 0.25) is 0 Å². The summed E-state index contributed by atoms with van der Waals surface area (Å²) in [5.41, 5.74) is 13.8. The minimum absolute atomic E-state index is 0.294. The summed E-state index contributed by atoms with van der Waals surface area (Å²) >= 11 is 0.